The lowest BCUT2D eigenvalue weighted by Gasteiger charge is -2.13. The first kappa shape index (κ1) is 17.7. The van der Waals surface area contributed by atoms with Crippen LogP contribution in [0.15, 0.2) is 54.7 Å². The van der Waals surface area contributed by atoms with Crippen LogP contribution in [0.2, 0.25) is 0 Å². The van der Waals surface area contributed by atoms with Crippen molar-refractivity contribution in [3.8, 4) is 0 Å². The number of fused-ring (bicyclic) bond motifs is 1. The number of carbonyl (C=O) groups is 2. The fourth-order valence-electron chi connectivity index (χ4n) is 2.64. The zero-order chi connectivity index (χ0) is 18.5. The maximum absolute atomic E-state index is 12.9. The highest BCUT2D eigenvalue weighted by atomic mass is 19.1. The maximum atomic E-state index is 12.9. The van der Waals surface area contributed by atoms with Crippen molar-refractivity contribution in [3.63, 3.8) is 0 Å². The maximum Gasteiger partial charge on any atom is 0.341 e. The van der Waals surface area contributed by atoms with Crippen molar-refractivity contribution in [1.82, 2.24) is 10.3 Å². The van der Waals surface area contributed by atoms with Gasteiger partial charge in [-0.05, 0) is 37.1 Å². The number of hydrogen-bond donors (Lipinski definition) is 2. The number of esters is 1. The Morgan fingerprint density at radius 3 is 2.65 bits per heavy atom. The Hall–Kier alpha value is -3.15. The number of aromatic amines is 1. The molecule has 3 aromatic rings. The summed E-state index contributed by atoms with van der Waals surface area (Å²) in [4.78, 5) is 27.4. The van der Waals surface area contributed by atoms with E-state index in [1.165, 1.54) is 19.1 Å². The van der Waals surface area contributed by atoms with Gasteiger partial charge in [-0.25, -0.2) is 9.18 Å². The van der Waals surface area contributed by atoms with Crippen LogP contribution >= 0.6 is 0 Å². The Balaban J connectivity index is 1.52. The molecule has 0 fully saturated rings. The summed E-state index contributed by atoms with van der Waals surface area (Å²) in [5, 5.41) is 3.47. The fraction of sp³-hybridized carbons (Fsp3) is 0.200. The molecule has 3 rings (SSSR count). The van der Waals surface area contributed by atoms with Gasteiger partial charge in [-0.1, -0.05) is 30.3 Å². The molecular formula is C20H19FN2O3. The highest BCUT2D eigenvalue weighted by Crippen LogP contribution is 2.19. The van der Waals surface area contributed by atoms with Crippen LogP contribution in [-0.2, 0) is 16.0 Å². The van der Waals surface area contributed by atoms with Gasteiger partial charge < -0.3 is 15.0 Å². The number of hydrogen-bond acceptors (Lipinski definition) is 3. The summed E-state index contributed by atoms with van der Waals surface area (Å²) in [5.74, 6) is -1.22. The topological polar surface area (TPSA) is 71.2 Å². The number of benzene rings is 2. The smallest absolute Gasteiger partial charge is 0.341 e. The van der Waals surface area contributed by atoms with Crippen LogP contribution in [0, 0.1) is 5.82 Å². The van der Waals surface area contributed by atoms with Gasteiger partial charge in [0.1, 0.15) is 5.82 Å². The fourth-order valence-corrected chi connectivity index (χ4v) is 2.64. The first-order valence-electron chi connectivity index (χ1n) is 8.34. The first-order chi connectivity index (χ1) is 12.5. The van der Waals surface area contributed by atoms with E-state index in [0.717, 1.165) is 16.5 Å². The van der Waals surface area contributed by atoms with Crippen molar-refractivity contribution in [2.24, 2.45) is 0 Å². The lowest BCUT2D eigenvalue weighted by molar-refractivity contribution is -0.129. The molecule has 1 aromatic heterocycles. The zero-order valence-corrected chi connectivity index (χ0v) is 14.3. The van der Waals surface area contributed by atoms with Gasteiger partial charge in [0.2, 0.25) is 0 Å². The lowest BCUT2D eigenvalue weighted by Crippen LogP contribution is -2.36. The SMILES string of the molecule is C[C@H](OC(=O)c1c[nH]c2ccccc12)C(=O)NCCc1ccc(F)cc1. The third-order valence-electron chi connectivity index (χ3n) is 4.09. The van der Waals surface area contributed by atoms with Gasteiger partial charge in [0.25, 0.3) is 5.91 Å². The second-order valence-electron chi connectivity index (χ2n) is 5.96. The van der Waals surface area contributed by atoms with Crippen molar-refractivity contribution >= 4 is 22.8 Å². The molecule has 0 bridgehead atoms. The van der Waals surface area contributed by atoms with E-state index in [-0.39, 0.29) is 11.7 Å². The molecule has 6 heteroatoms. The molecule has 1 heterocycles. The summed E-state index contributed by atoms with van der Waals surface area (Å²) in [6.07, 6.45) is 1.23. The van der Waals surface area contributed by atoms with Crippen LogP contribution in [0.25, 0.3) is 10.9 Å². The van der Waals surface area contributed by atoms with Crippen LogP contribution in [0.1, 0.15) is 22.8 Å². The molecule has 0 aliphatic carbocycles. The van der Waals surface area contributed by atoms with Gasteiger partial charge in [-0.3, -0.25) is 4.79 Å². The van der Waals surface area contributed by atoms with E-state index < -0.39 is 12.1 Å². The summed E-state index contributed by atoms with van der Waals surface area (Å²) in [6, 6.07) is 13.5. The van der Waals surface area contributed by atoms with E-state index in [2.05, 4.69) is 10.3 Å². The molecule has 0 saturated carbocycles. The molecule has 26 heavy (non-hydrogen) atoms. The standard InChI is InChI=1S/C20H19FN2O3/c1-13(19(24)22-11-10-14-6-8-15(21)9-7-14)26-20(25)17-12-23-18-5-3-2-4-16(17)18/h2-9,12-13,23H,10-11H2,1H3,(H,22,24)/t13-/m0/s1. The third kappa shape index (κ3) is 4.08. The van der Waals surface area contributed by atoms with Crippen molar-refractivity contribution in [3.05, 3.63) is 71.7 Å². The molecule has 0 saturated heterocycles. The van der Waals surface area contributed by atoms with Gasteiger partial charge in [0.15, 0.2) is 6.10 Å². The van der Waals surface area contributed by atoms with E-state index in [1.54, 1.807) is 18.3 Å². The summed E-state index contributed by atoms with van der Waals surface area (Å²) >= 11 is 0. The minimum Gasteiger partial charge on any atom is -0.449 e. The quantitative estimate of drug-likeness (QED) is 0.668. The van der Waals surface area contributed by atoms with Crippen LogP contribution in [0.4, 0.5) is 4.39 Å². The molecule has 5 nitrogen and oxygen atoms in total. The van der Waals surface area contributed by atoms with Gasteiger partial charge in [0.05, 0.1) is 5.56 Å². The number of amides is 1. The number of para-hydroxylation sites is 1. The van der Waals surface area contributed by atoms with Crippen LogP contribution in [-0.4, -0.2) is 29.5 Å². The summed E-state index contributed by atoms with van der Waals surface area (Å²) in [7, 11) is 0. The molecule has 0 aliphatic heterocycles. The van der Waals surface area contributed by atoms with E-state index in [4.69, 9.17) is 4.74 Å². The molecule has 0 radical (unpaired) electrons. The number of H-pyrrole nitrogens is 1. The molecule has 134 valence electrons. The summed E-state index contributed by atoms with van der Waals surface area (Å²) in [5.41, 5.74) is 2.14. The Morgan fingerprint density at radius 2 is 1.88 bits per heavy atom. The van der Waals surface area contributed by atoms with Gasteiger partial charge >= 0.3 is 5.97 Å². The lowest BCUT2D eigenvalue weighted by atomic mass is 10.1. The Labute approximate surface area is 150 Å². The molecule has 0 spiro atoms. The average Bonchev–Trinajstić information content (AvgIpc) is 3.07. The number of halogens is 1. The Kier molecular flexibility index (Phi) is 5.31. The summed E-state index contributed by atoms with van der Waals surface area (Å²) < 4.78 is 18.1. The molecule has 2 N–H and O–H groups in total. The molecular weight excluding hydrogens is 335 g/mol. The van der Waals surface area contributed by atoms with Crippen LogP contribution in [0.3, 0.4) is 0 Å². The number of carbonyl (C=O) groups excluding carboxylic acids is 2. The predicted molar refractivity (Wildman–Crippen MR) is 96.3 cm³/mol. The number of nitrogens with one attached hydrogen (secondary N) is 2. The normalized spacial score (nSPS) is 11.9. The number of rotatable bonds is 6. The van der Waals surface area contributed by atoms with Gasteiger partial charge in [-0.15, -0.1) is 0 Å². The van der Waals surface area contributed by atoms with E-state index in [1.807, 2.05) is 24.3 Å². The second kappa shape index (κ2) is 7.82. The Morgan fingerprint density at radius 1 is 1.15 bits per heavy atom. The first-order valence-corrected chi connectivity index (χ1v) is 8.34. The summed E-state index contributed by atoms with van der Waals surface area (Å²) in [6.45, 7) is 1.90. The molecule has 0 aliphatic rings. The minimum atomic E-state index is -0.913. The van der Waals surface area contributed by atoms with Crippen LogP contribution < -0.4 is 5.32 Å². The van der Waals surface area contributed by atoms with Crippen molar-refractivity contribution in [2.75, 3.05) is 6.54 Å². The molecule has 2 aromatic carbocycles. The highest BCUT2D eigenvalue weighted by Gasteiger charge is 2.20. The third-order valence-corrected chi connectivity index (χ3v) is 4.09. The largest absolute Gasteiger partial charge is 0.449 e. The zero-order valence-electron chi connectivity index (χ0n) is 14.3. The number of ether oxygens (including phenoxy) is 1. The van der Waals surface area contributed by atoms with Crippen molar-refractivity contribution in [1.29, 1.82) is 0 Å². The van der Waals surface area contributed by atoms with E-state index in [9.17, 15) is 14.0 Å². The Bertz CT molecular complexity index is 918. The predicted octanol–water partition coefficient (Wildman–Crippen LogP) is 3.21. The number of aromatic nitrogens is 1. The average molecular weight is 354 g/mol. The monoisotopic (exact) mass is 354 g/mol. The van der Waals surface area contributed by atoms with Gasteiger partial charge in [0, 0.05) is 23.6 Å². The van der Waals surface area contributed by atoms with E-state index in [0.29, 0.717) is 18.5 Å². The molecule has 1 amide bonds. The van der Waals surface area contributed by atoms with Crippen molar-refractivity contribution in [2.45, 2.75) is 19.4 Å². The molecule has 0 unspecified atom stereocenters. The highest BCUT2D eigenvalue weighted by molar-refractivity contribution is 6.04. The van der Waals surface area contributed by atoms with Crippen molar-refractivity contribution < 1.29 is 18.7 Å². The van der Waals surface area contributed by atoms with Crippen LogP contribution in [0.5, 0.6) is 0 Å². The minimum absolute atomic E-state index is 0.296. The molecule has 1 atom stereocenters. The van der Waals surface area contributed by atoms with Gasteiger partial charge in [-0.2, -0.15) is 0 Å². The second-order valence-corrected chi connectivity index (χ2v) is 5.96. The van der Waals surface area contributed by atoms with E-state index >= 15 is 0 Å².